The molecule has 4 aromatic rings. The molecule has 0 saturated carbocycles. The van der Waals surface area contributed by atoms with Gasteiger partial charge < -0.3 is 16.5 Å². The number of halogens is 1. The van der Waals surface area contributed by atoms with E-state index in [9.17, 15) is 0 Å². The first-order valence-corrected chi connectivity index (χ1v) is 7.41. The van der Waals surface area contributed by atoms with E-state index in [1.54, 1.807) is 0 Å². The molecule has 5 nitrogen and oxygen atoms in total. The molecule has 0 spiro atoms. The predicted molar refractivity (Wildman–Crippen MR) is 88.5 cm³/mol. The molecule has 1 aromatic carbocycles. The Morgan fingerprint density at radius 2 is 2.00 bits per heavy atom. The zero-order valence-electron chi connectivity index (χ0n) is 10.7. The summed E-state index contributed by atoms with van der Waals surface area (Å²) in [6.45, 7) is 0. The number of nitrogen functional groups attached to an aromatic ring is 2. The number of nitrogens with zero attached hydrogens (tertiary/aromatic N) is 2. The van der Waals surface area contributed by atoms with Gasteiger partial charge in [-0.25, -0.2) is 4.98 Å². The lowest BCUT2D eigenvalue weighted by Crippen LogP contribution is -2.01. The Balaban J connectivity index is 2.18. The lowest BCUT2D eigenvalue weighted by molar-refractivity contribution is 1.25. The Morgan fingerprint density at radius 3 is 2.76 bits per heavy atom. The van der Waals surface area contributed by atoms with Gasteiger partial charge in [0.1, 0.15) is 5.82 Å². The first-order chi connectivity index (χ1) is 10.1. The summed E-state index contributed by atoms with van der Waals surface area (Å²) >= 11 is 7.56. The minimum atomic E-state index is 0.171. The summed E-state index contributed by atoms with van der Waals surface area (Å²) in [5.74, 6) is 0.558. The van der Waals surface area contributed by atoms with Crippen LogP contribution < -0.4 is 11.5 Å². The second-order valence-electron chi connectivity index (χ2n) is 4.66. The third kappa shape index (κ3) is 1.84. The fourth-order valence-electron chi connectivity index (χ4n) is 2.56. The predicted octanol–water partition coefficient (Wildman–Crippen LogP) is 3.66. The maximum atomic E-state index is 6.05. The van der Waals surface area contributed by atoms with Crippen LogP contribution in [0.1, 0.15) is 0 Å². The fraction of sp³-hybridized carbons (Fsp3) is 0. The maximum Gasteiger partial charge on any atom is 0.222 e. The Labute approximate surface area is 128 Å². The standard InChI is InChI=1S/C14H10ClN5S/c15-10-2-1-9(21-10)7-5-8-11(6-3-4-18-12(6)7)13(16)20-14(17)19-8/h1-5,18H,(H4,16,17,19,20). The molecule has 104 valence electrons. The van der Waals surface area contributed by atoms with Crippen LogP contribution in [0.25, 0.3) is 32.2 Å². The molecule has 0 radical (unpaired) electrons. The lowest BCUT2D eigenvalue weighted by Gasteiger charge is -2.07. The molecule has 0 fully saturated rings. The highest BCUT2D eigenvalue weighted by Gasteiger charge is 2.14. The molecule has 0 bridgehead atoms. The zero-order chi connectivity index (χ0) is 14.6. The van der Waals surface area contributed by atoms with Crippen molar-refractivity contribution in [1.82, 2.24) is 15.0 Å². The Hall–Kier alpha value is -2.31. The molecule has 0 aliphatic rings. The van der Waals surface area contributed by atoms with E-state index in [2.05, 4.69) is 15.0 Å². The van der Waals surface area contributed by atoms with Crippen molar-refractivity contribution < 1.29 is 0 Å². The van der Waals surface area contributed by atoms with Gasteiger partial charge in [-0.15, -0.1) is 11.3 Å². The van der Waals surface area contributed by atoms with Crippen LogP contribution in [0.4, 0.5) is 11.8 Å². The maximum absolute atomic E-state index is 6.05. The Bertz CT molecular complexity index is 988. The highest BCUT2D eigenvalue weighted by Crippen LogP contribution is 2.39. The van der Waals surface area contributed by atoms with Gasteiger partial charge in [0.15, 0.2) is 0 Å². The van der Waals surface area contributed by atoms with Gasteiger partial charge >= 0.3 is 0 Å². The van der Waals surface area contributed by atoms with Gasteiger partial charge in [-0.3, -0.25) is 0 Å². The molecule has 0 atom stereocenters. The van der Waals surface area contributed by atoms with Gasteiger partial charge in [-0.2, -0.15) is 4.98 Å². The van der Waals surface area contributed by atoms with Gasteiger partial charge in [0.05, 0.1) is 20.8 Å². The summed E-state index contributed by atoms with van der Waals surface area (Å²) in [4.78, 5) is 12.7. The number of hydrogen-bond acceptors (Lipinski definition) is 5. The first kappa shape index (κ1) is 12.4. The number of aromatic amines is 1. The Morgan fingerprint density at radius 1 is 1.14 bits per heavy atom. The highest BCUT2D eigenvalue weighted by molar-refractivity contribution is 7.19. The summed E-state index contributed by atoms with van der Waals surface area (Å²) in [5.41, 5.74) is 14.5. The normalized spacial score (nSPS) is 11.5. The number of fused-ring (bicyclic) bond motifs is 3. The average Bonchev–Trinajstić information content (AvgIpc) is 3.05. The summed E-state index contributed by atoms with van der Waals surface area (Å²) in [5, 5.41) is 1.79. The molecule has 7 heteroatoms. The van der Waals surface area contributed by atoms with E-state index in [0.29, 0.717) is 5.82 Å². The molecule has 0 amide bonds. The minimum Gasteiger partial charge on any atom is -0.383 e. The van der Waals surface area contributed by atoms with Crippen LogP contribution >= 0.6 is 22.9 Å². The van der Waals surface area contributed by atoms with E-state index >= 15 is 0 Å². The summed E-state index contributed by atoms with van der Waals surface area (Å²) in [6, 6.07) is 7.79. The van der Waals surface area contributed by atoms with Crippen molar-refractivity contribution >= 4 is 56.5 Å². The van der Waals surface area contributed by atoms with Crippen LogP contribution in [-0.2, 0) is 0 Å². The van der Waals surface area contributed by atoms with Crippen LogP contribution in [0.15, 0.2) is 30.5 Å². The molecular formula is C14H10ClN5S. The van der Waals surface area contributed by atoms with Crippen LogP contribution in [0, 0.1) is 0 Å². The summed E-state index contributed by atoms with van der Waals surface area (Å²) < 4.78 is 0.742. The number of aromatic nitrogens is 3. The second kappa shape index (κ2) is 4.34. The van der Waals surface area contributed by atoms with Crippen molar-refractivity contribution in [3.8, 4) is 10.4 Å². The van der Waals surface area contributed by atoms with Crippen molar-refractivity contribution in [2.45, 2.75) is 0 Å². The summed E-state index contributed by atoms with van der Waals surface area (Å²) in [6.07, 6.45) is 1.87. The van der Waals surface area contributed by atoms with Gasteiger partial charge in [0, 0.05) is 22.0 Å². The minimum absolute atomic E-state index is 0.171. The lowest BCUT2D eigenvalue weighted by atomic mass is 10.1. The van der Waals surface area contributed by atoms with Gasteiger partial charge in [0.2, 0.25) is 5.95 Å². The van der Waals surface area contributed by atoms with Crippen molar-refractivity contribution in [2.24, 2.45) is 0 Å². The molecule has 3 heterocycles. The molecule has 4 rings (SSSR count). The van der Waals surface area contributed by atoms with Crippen LogP contribution in [-0.4, -0.2) is 15.0 Å². The largest absolute Gasteiger partial charge is 0.383 e. The molecule has 0 saturated heterocycles. The molecule has 0 unspecified atom stereocenters. The number of anilines is 2. The smallest absolute Gasteiger partial charge is 0.222 e. The van der Waals surface area contributed by atoms with E-state index in [1.807, 2.05) is 30.5 Å². The quantitative estimate of drug-likeness (QED) is 0.499. The SMILES string of the molecule is Nc1nc(N)c2c(cc(-c3ccc(Cl)s3)c3[nH]ccc32)n1. The number of rotatable bonds is 1. The van der Waals surface area contributed by atoms with E-state index in [1.165, 1.54) is 11.3 Å². The van der Waals surface area contributed by atoms with Gasteiger partial charge in [-0.05, 0) is 24.3 Å². The highest BCUT2D eigenvalue weighted by atomic mass is 35.5. The van der Waals surface area contributed by atoms with Crippen molar-refractivity contribution in [3.05, 3.63) is 34.8 Å². The molecule has 21 heavy (non-hydrogen) atoms. The number of hydrogen-bond donors (Lipinski definition) is 3. The third-order valence-corrected chi connectivity index (χ3v) is 4.65. The van der Waals surface area contributed by atoms with Crippen LogP contribution in [0.3, 0.4) is 0 Å². The van der Waals surface area contributed by atoms with Gasteiger partial charge in [-0.1, -0.05) is 11.6 Å². The second-order valence-corrected chi connectivity index (χ2v) is 6.37. The van der Waals surface area contributed by atoms with Crippen LogP contribution in [0.5, 0.6) is 0 Å². The number of thiophene rings is 1. The van der Waals surface area contributed by atoms with Gasteiger partial charge in [0.25, 0.3) is 0 Å². The number of nitrogens with two attached hydrogens (primary N) is 2. The van der Waals surface area contributed by atoms with E-state index in [0.717, 1.165) is 36.6 Å². The van der Waals surface area contributed by atoms with Crippen molar-refractivity contribution in [1.29, 1.82) is 0 Å². The van der Waals surface area contributed by atoms with E-state index in [-0.39, 0.29) is 5.95 Å². The summed E-state index contributed by atoms with van der Waals surface area (Å²) in [7, 11) is 0. The first-order valence-electron chi connectivity index (χ1n) is 6.22. The molecule has 0 aliphatic heterocycles. The molecular weight excluding hydrogens is 306 g/mol. The van der Waals surface area contributed by atoms with Crippen molar-refractivity contribution in [2.75, 3.05) is 11.5 Å². The molecule has 5 N–H and O–H groups in total. The average molecular weight is 316 g/mol. The van der Waals surface area contributed by atoms with E-state index in [4.69, 9.17) is 23.1 Å². The van der Waals surface area contributed by atoms with E-state index < -0.39 is 0 Å². The number of benzene rings is 1. The van der Waals surface area contributed by atoms with Crippen LogP contribution in [0.2, 0.25) is 4.34 Å². The number of nitrogens with one attached hydrogen (secondary N) is 1. The zero-order valence-corrected chi connectivity index (χ0v) is 12.3. The third-order valence-electron chi connectivity index (χ3n) is 3.39. The Kier molecular flexibility index (Phi) is 2.57. The molecule has 3 aromatic heterocycles. The topological polar surface area (TPSA) is 93.6 Å². The number of H-pyrrole nitrogens is 1. The fourth-order valence-corrected chi connectivity index (χ4v) is 3.62. The van der Waals surface area contributed by atoms with Crippen molar-refractivity contribution in [3.63, 3.8) is 0 Å². The monoisotopic (exact) mass is 315 g/mol. The molecule has 0 aliphatic carbocycles.